The SMILES string of the molecule is CCn1nccc1NC(=O)[C@@H](N)Cc1cn(Cc2ccccc2)cn1.Cl.Cl. The van der Waals surface area contributed by atoms with Crippen molar-refractivity contribution in [3.63, 3.8) is 0 Å². The van der Waals surface area contributed by atoms with E-state index in [1.165, 1.54) is 5.56 Å². The summed E-state index contributed by atoms with van der Waals surface area (Å²) in [6.45, 7) is 3.38. The maximum Gasteiger partial charge on any atom is 0.242 e. The smallest absolute Gasteiger partial charge is 0.242 e. The first-order valence-corrected chi connectivity index (χ1v) is 8.28. The van der Waals surface area contributed by atoms with Gasteiger partial charge in [0.2, 0.25) is 5.91 Å². The van der Waals surface area contributed by atoms with Crippen LogP contribution in [0.3, 0.4) is 0 Å². The second-order valence-electron chi connectivity index (χ2n) is 5.86. The number of aryl methyl sites for hydroxylation is 1. The lowest BCUT2D eigenvalue weighted by Crippen LogP contribution is -2.38. The Balaban J connectivity index is 0.00000182. The highest BCUT2D eigenvalue weighted by Crippen LogP contribution is 2.08. The monoisotopic (exact) mass is 410 g/mol. The summed E-state index contributed by atoms with van der Waals surface area (Å²) in [4.78, 5) is 16.6. The number of nitrogens with two attached hydrogens (primary N) is 1. The molecule has 9 heteroatoms. The Hall–Kier alpha value is -2.35. The maximum absolute atomic E-state index is 12.3. The van der Waals surface area contributed by atoms with Crippen LogP contribution < -0.4 is 11.1 Å². The fraction of sp³-hybridized carbons (Fsp3) is 0.278. The van der Waals surface area contributed by atoms with Crippen LogP contribution in [0.25, 0.3) is 0 Å². The van der Waals surface area contributed by atoms with Gasteiger partial charge in [-0.05, 0) is 12.5 Å². The van der Waals surface area contributed by atoms with Crippen LogP contribution >= 0.6 is 24.8 Å². The molecule has 0 saturated heterocycles. The number of rotatable bonds is 7. The number of imidazole rings is 1. The van der Waals surface area contributed by atoms with Gasteiger partial charge in [0.05, 0.1) is 24.3 Å². The Morgan fingerprint density at radius 3 is 2.67 bits per heavy atom. The molecule has 0 radical (unpaired) electrons. The van der Waals surface area contributed by atoms with Crippen molar-refractivity contribution >= 4 is 36.5 Å². The van der Waals surface area contributed by atoms with Crippen LogP contribution in [0.1, 0.15) is 18.2 Å². The summed E-state index contributed by atoms with van der Waals surface area (Å²) < 4.78 is 3.70. The Bertz CT molecular complexity index is 833. The van der Waals surface area contributed by atoms with E-state index in [0.29, 0.717) is 18.8 Å². The van der Waals surface area contributed by atoms with Crippen LogP contribution in [-0.2, 0) is 24.3 Å². The first-order chi connectivity index (χ1) is 12.2. The Morgan fingerprint density at radius 1 is 1.22 bits per heavy atom. The molecule has 3 aromatic rings. The normalized spacial score (nSPS) is 11.2. The maximum atomic E-state index is 12.3. The summed E-state index contributed by atoms with van der Waals surface area (Å²) in [7, 11) is 0. The second kappa shape index (κ2) is 10.7. The summed E-state index contributed by atoms with van der Waals surface area (Å²) in [5, 5.41) is 6.93. The zero-order chi connectivity index (χ0) is 17.6. The molecular formula is C18H24Cl2N6O. The van der Waals surface area contributed by atoms with Crippen LogP contribution in [-0.4, -0.2) is 31.3 Å². The molecule has 2 aromatic heterocycles. The molecular weight excluding hydrogens is 387 g/mol. The number of amides is 1. The molecule has 27 heavy (non-hydrogen) atoms. The third kappa shape index (κ3) is 6.09. The molecule has 1 amide bonds. The summed E-state index contributed by atoms with van der Waals surface area (Å²) >= 11 is 0. The number of halogens is 2. The molecule has 1 atom stereocenters. The van der Waals surface area contributed by atoms with Crippen LogP contribution in [0, 0.1) is 0 Å². The number of anilines is 1. The summed E-state index contributed by atoms with van der Waals surface area (Å²) in [5.41, 5.74) is 8.02. The highest BCUT2D eigenvalue weighted by Gasteiger charge is 2.17. The van der Waals surface area contributed by atoms with Gasteiger partial charge in [-0.25, -0.2) is 9.67 Å². The average molecular weight is 411 g/mol. The van der Waals surface area contributed by atoms with Crippen molar-refractivity contribution in [2.45, 2.75) is 32.5 Å². The minimum atomic E-state index is -0.666. The summed E-state index contributed by atoms with van der Waals surface area (Å²) in [6.07, 6.45) is 5.72. The van der Waals surface area contributed by atoms with Gasteiger partial charge in [0, 0.05) is 31.8 Å². The molecule has 3 N–H and O–H groups in total. The molecule has 0 saturated carbocycles. The molecule has 0 aliphatic rings. The number of hydrogen-bond acceptors (Lipinski definition) is 4. The summed E-state index contributed by atoms with van der Waals surface area (Å²) in [6, 6.07) is 11.2. The van der Waals surface area contributed by atoms with Crippen molar-refractivity contribution in [3.05, 3.63) is 66.4 Å². The largest absolute Gasteiger partial charge is 0.333 e. The predicted molar refractivity (Wildman–Crippen MR) is 110 cm³/mol. The summed E-state index contributed by atoms with van der Waals surface area (Å²) in [5.74, 6) is 0.408. The first kappa shape index (κ1) is 22.7. The molecule has 7 nitrogen and oxygen atoms in total. The van der Waals surface area contributed by atoms with Gasteiger partial charge >= 0.3 is 0 Å². The molecule has 0 bridgehead atoms. The van der Waals surface area contributed by atoms with Crippen LogP contribution in [0.4, 0.5) is 5.82 Å². The molecule has 0 fully saturated rings. The number of nitrogens with zero attached hydrogens (tertiary/aromatic N) is 4. The van der Waals surface area contributed by atoms with Crippen molar-refractivity contribution in [2.75, 3.05) is 5.32 Å². The molecule has 2 heterocycles. The minimum Gasteiger partial charge on any atom is -0.333 e. The number of carbonyl (C=O) groups is 1. The standard InChI is InChI=1S/C18H22N6O.2ClH/c1-2-24-17(8-9-21-24)22-18(25)16(19)10-15-12-23(13-20-15)11-14-6-4-3-5-7-14;;/h3-9,12-13,16H,2,10-11,19H2,1H3,(H,22,25);2*1H/t16-;;/m0../s1. The van der Waals surface area contributed by atoms with E-state index in [1.54, 1.807) is 23.3 Å². The lowest BCUT2D eigenvalue weighted by Gasteiger charge is -2.11. The van der Waals surface area contributed by atoms with Gasteiger partial charge in [-0.2, -0.15) is 5.10 Å². The first-order valence-electron chi connectivity index (χ1n) is 8.28. The number of benzene rings is 1. The van der Waals surface area contributed by atoms with Crippen molar-refractivity contribution in [1.29, 1.82) is 0 Å². The molecule has 0 unspecified atom stereocenters. The second-order valence-corrected chi connectivity index (χ2v) is 5.86. The van der Waals surface area contributed by atoms with E-state index in [1.807, 2.05) is 35.9 Å². The van der Waals surface area contributed by atoms with Gasteiger partial charge in [0.15, 0.2) is 0 Å². The molecule has 1 aromatic carbocycles. The molecule has 0 aliphatic carbocycles. The number of hydrogen-bond donors (Lipinski definition) is 2. The fourth-order valence-corrected chi connectivity index (χ4v) is 2.62. The average Bonchev–Trinajstić information content (AvgIpc) is 3.25. The Kier molecular flexibility index (Phi) is 9.00. The van der Waals surface area contributed by atoms with Gasteiger partial charge in [0.25, 0.3) is 0 Å². The van der Waals surface area contributed by atoms with Crippen molar-refractivity contribution in [3.8, 4) is 0 Å². The van der Waals surface area contributed by atoms with Crippen LogP contribution in [0.2, 0.25) is 0 Å². The minimum absolute atomic E-state index is 0. The van der Waals surface area contributed by atoms with Gasteiger partial charge in [-0.3, -0.25) is 4.79 Å². The van der Waals surface area contributed by atoms with E-state index in [-0.39, 0.29) is 30.7 Å². The van der Waals surface area contributed by atoms with Gasteiger partial charge in [-0.1, -0.05) is 30.3 Å². The van der Waals surface area contributed by atoms with Crippen molar-refractivity contribution in [1.82, 2.24) is 19.3 Å². The highest BCUT2D eigenvalue weighted by molar-refractivity contribution is 5.94. The molecule has 146 valence electrons. The lowest BCUT2D eigenvalue weighted by molar-refractivity contribution is -0.117. The van der Waals surface area contributed by atoms with Gasteiger partial charge < -0.3 is 15.6 Å². The highest BCUT2D eigenvalue weighted by atomic mass is 35.5. The molecule has 0 spiro atoms. The number of carbonyl (C=O) groups excluding carboxylic acids is 1. The van der Waals surface area contributed by atoms with Crippen LogP contribution in [0.15, 0.2) is 55.1 Å². The third-order valence-corrected chi connectivity index (χ3v) is 3.93. The Morgan fingerprint density at radius 2 is 1.96 bits per heavy atom. The lowest BCUT2D eigenvalue weighted by atomic mass is 10.1. The number of nitrogens with one attached hydrogen (secondary N) is 1. The van der Waals surface area contributed by atoms with Gasteiger partial charge in [-0.15, -0.1) is 24.8 Å². The predicted octanol–water partition coefficient (Wildman–Crippen LogP) is 2.50. The van der Waals surface area contributed by atoms with Gasteiger partial charge in [0.1, 0.15) is 5.82 Å². The molecule has 3 rings (SSSR count). The topological polar surface area (TPSA) is 90.8 Å². The third-order valence-electron chi connectivity index (χ3n) is 3.93. The zero-order valence-electron chi connectivity index (χ0n) is 15.0. The Labute approximate surface area is 170 Å². The number of aromatic nitrogens is 4. The van der Waals surface area contributed by atoms with Crippen molar-refractivity contribution < 1.29 is 4.79 Å². The quantitative estimate of drug-likeness (QED) is 0.625. The van der Waals surface area contributed by atoms with E-state index in [4.69, 9.17) is 5.73 Å². The van der Waals surface area contributed by atoms with E-state index >= 15 is 0 Å². The fourth-order valence-electron chi connectivity index (χ4n) is 2.62. The zero-order valence-corrected chi connectivity index (χ0v) is 16.6. The van der Waals surface area contributed by atoms with E-state index in [2.05, 4.69) is 27.5 Å². The van der Waals surface area contributed by atoms with E-state index in [0.717, 1.165) is 12.2 Å². The van der Waals surface area contributed by atoms with Crippen molar-refractivity contribution in [2.24, 2.45) is 5.73 Å². The van der Waals surface area contributed by atoms with Crippen LogP contribution in [0.5, 0.6) is 0 Å². The molecule has 0 aliphatic heterocycles. The van der Waals surface area contributed by atoms with E-state index < -0.39 is 6.04 Å². The van der Waals surface area contributed by atoms with E-state index in [9.17, 15) is 4.79 Å².